The third-order valence-corrected chi connectivity index (χ3v) is 3.54. The number of carbonyl (C=O) groups excluding carboxylic acids is 1. The number of amides is 1. The van der Waals surface area contributed by atoms with Crippen LogP contribution in [0.5, 0.6) is 5.75 Å². The Balaban J connectivity index is 2.25. The molecule has 2 rings (SSSR count). The molecule has 0 spiro atoms. The second-order valence-corrected chi connectivity index (χ2v) is 5.83. The normalized spacial score (nSPS) is 11.2. The SMILES string of the molecule is CCN(C(=O)C(C)(C)Oc1ccc(F)cc1F)c1ccc(N)cc1. The van der Waals surface area contributed by atoms with Crippen LogP contribution in [0.2, 0.25) is 0 Å². The minimum atomic E-state index is -1.34. The lowest BCUT2D eigenvalue weighted by atomic mass is 10.1. The standard InChI is InChI=1S/C18H20F2N2O2/c1-4-22(14-8-6-13(21)7-9-14)17(23)18(2,3)24-16-10-5-12(19)11-15(16)20/h5-11H,4,21H2,1-3H3. The zero-order valence-electron chi connectivity index (χ0n) is 13.8. The molecule has 2 aromatic carbocycles. The fourth-order valence-corrected chi connectivity index (χ4v) is 2.30. The van der Waals surface area contributed by atoms with Crippen LogP contribution >= 0.6 is 0 Å². The predicted octanol–water partition coefficient (Wildman–Crippen LogP) is 3.76. The van der Waals surface area contributed by atoms with Gasteiger partial charge < -0.3 is 15.4 Å². The molecule has 0 bridgehead atoms. The average molecular weight is 334 g/mol. The Hall–Kier alpha value is -2.63. The summed E-state index contributed by atoms with van der Waals surface area (Å²) in [5.41, 5.74) is 5.57. The summed E-state index contributed by atoms with van der Waals surface area (Å²) in [6, 6.07) is 9.80. The fraction of sp³-hybridized carbons (Fsp3) is 0.278. The summed E-state index contributed by atoms with van der Waals surface area (Å²) in [5, 5.41) is 0. The third-order valence-electron chi connectivity index (χ3n) is 3.54. The van der Waals surface area contributed by atoms with E-state index >= 15 is 0 Å². The molecule has 0 aliphatic rings. The van der Waals surface area contributed by atoms with E-state index in [0.717, 1.165) is 6.07 Å². The van der Waals surface area contributed by atoms with E-state index in [0.29, 0.717) is 24.0 Å². The van der Waals surface area contributed by atoms with Crippen molar-refractivity contribution in [3.63, 3.8) is 0 Å². The van der Waals surface area contributed by atoms with Crippen molar-refractivity contribution >= 4 is 17.3 Å². The molecule has 0 radical (unpaired) electrons. The van der Waals surface area contributed by atoms with Crippen LogP contribution in [0.25, 0.3) is 0 Å². The number of likely N-dealkylation sites (N-methyl/N-ethyl adjacent to an activating group) is 1. The molecule has 0 unspecified atom stereocenters. The second kappa shape index (κ2) is 6.86. The molecule has 2 aromatic rings. The number of nitrogens with two attached hydrogens (primary N) is 1. The third kappa shape index (κ3) is 3.82. The van der Waals surface area contributed by atoms with Gasteiger partial charge in [0.05, 0.1) is 0 Å². The van der Waals surface area contributed by atoms with Crippen molar-refractivity contribution in [2.75, 3.05) is 17.2 Å². The number of nitrogens with zero attached hydrogens (tertiary/aromatic N) is 1. The molecule has 1 amide bonds. The van der Waals surface area contributed by atoms with E-state index in [-0.39, 0.29) is 11.7 Å². The van der Waals surface area contributed by atoms with E-state index in [4.69, 9.17) is 10.5 Å². The lowest BCUT2D eigenvalue weighted by molar-refractivity contribution is -0.131. The van der Waals surface area contributed by atoms with Crippen molar-refractivity contribution in [1.82, 2.24) is 0 Å². The summed E-state index contributed by atoms with van der Waals surface area (Å²) in [6.07, 6.45) is 0. The summed E-state index contributed by atoms with van der Waals surface area (Å²) >= 11 is 0. The predicted molar refractivity (Wildman–Crippen MR) is 89.9 cm³/mol. The second-order valence-electron chi connectivity index (χ2n) is 5.83. The molecule has 0 fully saturated rings. The minimum absolute atomic E-state index is 0.178. The Labute approximate surface area is 139 Å². The first kappa shape index (κ1) is 17.7. The van der Waals surface area contributed by atoms with Crippen LogP contribution in [0.1, 0.15) is 20.8 Å². The molecule has 0 atom stereocenters. The van der Waals surface area contributed by atoms with E-state index in [1.807, 2.05) is 6.92 Å². The number of nitrogen functional groups attached to an aromatic ring is 1. The Kier molecular flexibility index (Phi) is 5.07. The van der Waals surface area contributed by atoms with Crippen molar-refractivity contribution in [2.45, 2.75) is 26.4 Å². The van der Waals surface area contributed by atoms with E-state index in [1.165, 1.54) is 24.8 Å². The Morgan fingerprint density at radius 2 is 1.79 bits per heavy atom. The largest absolute Gasteiger partial charge is 0.475 e. The molecular formula is C18H20F2N2O2. The number of hydrogen-bond donors (Lipinski definition) is 1. The van der Waals surface area contributed by atoms with Crippen molar-refractivity contribution in [3.8, 4) is 5.75 Å². The van der Waals surface area contributed by atoms with Gasteiger partial charge in [0.1, 0.15) is 5.82 Å². The van der Waals surface area contributed by atoms with Gasteiger partial charge in [-0.3, -0.25) is 4.79 Å². The molecule has 0 saturated heterocycles. The van der Waals surface area contributed by atoms with Crippen molar-refractivity contribution in [3.05, 3.63) is 54.1 Å². The molecule has 0 aromatic heterocycles. The van der Waals surface area contributed by atoms with Gasteiger partial charge in [-0.15, -0.1) is 0 Å². The minimum Gasteiger partial charge on any atom is -0.475 e. The summed E-state index contributed by atoms with van der Waals surface area (Å²) in [7, 11) is 0. The van der Waals surface area contributed by atoms with Gasteiger partial charge in [-0.05, 0) is 57.2 Å². The number of ether oxygens (including phenoxy) is 1. The first-order valence-electron chi connectivity index (χ1n) is 7.56. The first-order valence-corrected chi connectivity index (χ1v) is 7.56. The van der Waals surface area contributed by atoms with E-state index in [1.54, 1.807) is 24.3 Å². The number of benzene rings is 2. The Morgan fingerprint density at radius 1 is 1.17 bits per heavy atom. The number of anilines is 2. The highest BCUT2D eigenvalue weighted by Gasteiger charge is 2.35. The van der Waals surface area contributed by atoms with E-state index in [2.05, 4.69) is 0 Å². The molecule has 0 aliphatic carbocycles. The van der Waals surface area contributed by atoms with Gasteiger partial charge in [-0.2, -0.15) is 0 Å². The Morgan fingerprint density at radius 3 is 2.33 bits per heavy atom. The summed E-state index contributed by atoms with van der Waals surface area (Å²) in [4.78, 5) is 14.4. The highest BCUT2D eigenvalue weighted by molar-refractivity contribution is 5.99. The summed E-state index contributed by atoms with van der Waals surface area (Å²) < 4.78 is 32.3. The monoisotopic (exact) mass is 334 g/mol. The van der Waals surface area contributed by atoms with E-state index in [9.17, 15) is 13.6 Å². The smallest absolute Gasteiger partial charge is 0.270 e. The zero-order chi connectivity index (χ0) is 17.9. The molecule has 0 aliphatic heterocycles. The van der Waals surface area contributed by atoms with Crippen LogP contribution in [0, 0.1) is 11.6 Å². The molecule has 24 heavy (non-hydrogen) atoms. The molecular weight excluding hydrogens is 314 g/mol. The highest BCUT2D eigenvalue weighted by atomic mass is 19.1. The molecule has 6 heteroatoms. The lowest BCUT2D eigenvalue weighted by Gasteiger charge is -2.32. The van der Waals surface area contributed by atoms with Gasteiger partial charge in [0, 0.05) is 24.0 Å². The summed E-state index contributed by atoms with van der Waals surface area (Å²) in [5.74, 6) is -2.09. The molecule has 4 nitrogen and oxygen atoms in total. The van der Waals surface area contributed by atoms with Crippen molar-refractivity contribution in [2.24, 2.45) is 0 Å². The van der Waals surface area contributed by atoms with Gasteiger partial charge in [-0.25, -0.2) is 8.78 Å². The topological polar surface area (TPSA) is 55.6 Å². The molecule has 0 saturated carbocycles. The van der Waals surface area contributed by atoms with Crippen LogP contribution in [0.4, 0.5) is 20.2 Å². The maximum atomic E-state index is 13.8. The van der Waals surface area contributed by atoms with Crippen LogP contribution in [0.15, 0.2) is 42.5 Å². The average Bonchev–Trinajstić information content (AvgIpc) is 2.52. The molecule has 128 valence electrons. The van der Waals surface area contributed by atoms with Gasteiger partial charge >= 0.3 is 0 Å². The van der Waals surface area contributed by atoms with E-state index < -0.39 is 17.2 Å². The zero-order valence-corrected chi connectivity index (χ0v) is 13.8. The molecule has 2 N–H and O–H groups in total. The van der Waals surface area contributed by atoms with Crippen LogP contribution in [-0.4, -0.2) is 18.1 Å². The van der Waals surface area contributed by atoms with Gasteiger partial charge in [-0.1, -0.05) is 0 Å². The van der Waals surface area contributed by atoms with Gasteiger partial charge in [0.15, 0.2) is 17.2 Å². The Bertz CT molecular complexity index is 730. The number of rotatable bonds is 5. The maximum absolute atomic E-state index is 13.8. The maximum Gasteiger partial charge on any atom is 0.270 e. The number of hydrogen-bond acceptors (Lipinski definition) is 3. The van der Waals surface area contributed by atoms with Crippen LogP contribution < -0.4 is 15.4 Å². The first-order chi connectivity index (χ1) is 11.2. The summed E-state index contributed by atoms with van der Waals surface area (Å²) in [6.45, 7) is 5.31. The number of carbonyl (C=O) groups is 1. The van der Waals surface area contributed by atoms with Crippen molar-refractivity contribution in [1.29, 1.82) is 0 Å². The molecule has 0 heterocycles. The quantitative estimate of drug-likeness (QED) is 0.847. The highest BCUT2D eigenvalue weighted by Crippen LogP contribution is 2.26. The lowest BCUT2D eigenvalue weighted by Crippen LogP contribution is -2.49. The van der Waals surface area contributed by atoms with Gasteiger partial charge in [0.2, 0.25) is 0 Å². The van der Waals surface area contributed by atoms with Crippen LogP contribution in [0.3, 0.4) is 0 Å². The van der Waals surface area contributed by atoms with Gasteiger partial charge in [0.25, 0.3) is 5.91 Å². The van der Waals surface area contributed by atoms with Crippen molar-refractivity contribution < 1.29 is 18.3 Å². The van der Waals surface area contributed by atoms with Crippen LogP contribution in [-0.2, 0) is 4.79 Å². The number of halogens is 2. The fourth-order valence-electron chi connectivity index (χ4n) is 2.30.